The summed E-state index contributed by atoms with van der Waals surface area (Å²) < 4.78 is 52.8. The standard InChI is InChI=1S/C24H30ClN5O.C23H25ClN6O2.C21H23ClN6O.C20H22ClN5O2S.C20H23N5O2S/c1-15-11-20-18(13-30(15)21-12-22(25)28-19-6-4-5-17(19)21)23(27-14-26-20)29-9-7-16(8-10-29)24(2,3)31;1-14-9-18-16(11-30(14)19-10-20(24)28-17-4-2-3-15(17)19)21(27-13-26-18)29-7-5-23(6-8-29)12-25-22(31)32-23;1-12-6-17-15(20(25-11-24-17)27-8-13(9-27)21(29)23-2)10-28(12)18-7-19(22)26-16-5-3-4-14(16)18;1-12-6-17-15(20(23-11-22-17)25-8-13(9-25)29(2,27)28)10-26(12)18-7-19(21)24-16-5-3-4-14(16)18;1-13-8-18-16(11-25(13)19-6-7-21-17-5-3-4-15(17)19)20(23-12-22-18)24-9-14(10-24)28(2,26)27/h4-5,12,14-16,31H,6-11,13H2,1-3H3;2-3,10,13-14H,4-9,11-12H2,1H3,(H,25,31);3-4,7,11-13H,5-6,8-10H2,1-2H3,(H,23,29);3-4,7,11-13H,5-6,8-10H2,1-2H3;3-4,6-7,12-14H,5,8-11H2,1-2H3/t15-;14-;2*12-;13-/m11111/s1. The summed E-state index contributed by atoms with van der Waals surface area (Å²) in [5.74, 6) is 5.15. The molecule has 35 nitrogen and oxygen atoms in total. The summed E-state index contributed by atoms with van der Waals surface area (Å²) >= 11 is 25.4. The highest BCUT2D eigenvalue weighted by molar-refractivity contribution is 7.91. The minimum absolute atomic E-state index is 0.0247. The van der Waals surface area contributed by atoms with E-state index in [0.29, 0.717) is 97.5 Å². The quantitative estimate of drug-likeness (QED) is 0.0851. The zero-order valence-electron chi connectivity index (χ0n) is 85.3. The molecule has 3 N–H and O–H groups in total. The molecule has 6 fully saturated rings. The maximum Gasteiger partial charge on any atom is 0.407 e. The number of nitrogens with zero attached hydrogens (tertiary/aromatic N) is 25. The third-order valence-electron chi connectivity index (χ3n) is 32.7. The lowest BCUT2D eigenvalue weighted by atomic mass is 9.83. The van der Waals surface area contributed by atoms with E-state index in [1.54, 1.807) is 38.7 Å². The first-order valence-corrected chi connectivity index (χ1v) is 57.1. The number of fused-ring (bicyclic) bond motifs is 10. The third-order valence-corrected chi connectivity index (χ3v) is 36.4. The molecule has 5 atom stereocenters. The van der Waals surface area contributed by atoms with Crippen LogP contribution in [-0.2, 0) is 126 Å². The van der Waals surface area contributed by atoms with Gasteiger partial charge in [0.15, 0.2) is 19.7 Å². The largest absolute Gasteiger partial charge is 0.441 e. The van der Waals surface area contributed by atoms with Crippen molar-refractivity contribution in [2.75, 3.05) is 141 Å². The molecule has 0 radical (unpaired) electrons. The molecule has 0 saturated carbocycles. The molecule has 10 aromatic heterocycles. The molecule has 6 saturated heterocycles. The zero-order chi connectivity index (χ0) is 104. The Morgan fingerprint density at radius 3 is 1.01 bits per heavy atom. The van der Waals surface area contributed by atoms with E-state index >= 15 is 0 Å². The number of halogens is 4. The number of allylic oxidation sites excluding steroid dienone is 5. The van der Waals surface area contributed by atoms with E-state index in [1.165, 1.54) is 46.0 Å². The molecular formula is C108H123Cl4N27O8S2. The Morgan fingerprint density at radius 2 is 0.711 bits per heavy atom. The summed E-state index contributed by atoms with van der Waals surface area (Å²) in [7, 11) is -4.35. The lowest BCUT2D eigenvalue weighted by Gasteiger charge is -2.43. The summed E-state index contributed by atoms with van der Waals surface area (Å²) in [6.07, 6.45) is 45.8. The number of nitrogens with one attached hydrogen (secondary N) is 2. The molecule has 778 valence electrons. The highest BCUT2D eigenvalue weighted by Crippen LogP contribution is 2.48. The molecule has 0 bridgehead atoms. The van der Waals surface area contributed by atoms with E-state index < -0.39 is 25.3 Å². The monoisotopic (exact) mass is 2130 g/mol. The van der Waals surface area contributed by atoms with E-state index in [9.17, 15) is 31.5 Å². The number of pyridine rings is 5. The lowest BCUT2D eigenvalue weighted by Crippen LogP contribution is -2.55. The number of sulfone groups is 2. The van der Waals surface area contributed by atoms with Gasteiger partial charge in [-0.25, -0.2) is 91.4 Å². The summed E-state index contributed by atoms with van der Waals surface area (Å²) in [5, 5.41) is 17.4. The average Bonchev–Trinajstić information content (AvgIpc) is 1.74. The molecule has 2 amide bonds. The molecule has 21 heterocycles. The summed E-state index contributed by atoms with van der Waals surface area (Å²) in [6.45, 7) is 25.9. The first-order valence-electron chi connectivity index (χ1n) is 51.7. The maximum absolute atomic E-state index is 11.9. The molecular weight excluding hydrogens is 2010 g/mol. The van der Waals surface area contributed by atoms with Crippen molar-refractivity contribution in [3.05, 3.63) is 232 Å². The molecule has 16 aliphatic rings. The minimum atomic E-state index is -3.03. The molecule has 11 aliphatic heterocycles. The second kappa shape index (κ2) is 40.7. The minimum Gasteiger partial charge on any atom is -0.441 e. The number of aliphatic hydroxyl groups is 1. The number of piperidine rings is 2. The zero-order valence-corrected chi connectivity index (χ0v) is 90.0. The van der Waals surface area contributed by atoms with Gasteiger partial charge in [-0.15, -0.1) is 0 Å². The molecule has 0 unspecified atom stereocenters. The number of amides is 2. The van der Waals surface area contributed by atoms with Crippen molar-refractivity contribution in [2.24, 2.45) is 11.8 Å². The average molecular weight is 2130 g/mol. The number of aromatic nitrogens is 15. The summed E-state index contributed by atoms with van der Waals surface area (Å²) in [4.78, 5) is 115. The molecule has 0 aromatic carbocycles. The fourth-order valence-corrected chi connectivity index (χ4v) is 26.6. The Hall–Kier alpha value is -12.4. The van der Waals surface area contributed by atoms with E-state index in [2.05, 4.69) is 221 Å². The first-order chi connectivity index (χ1) is 71.6. The van der Waals surface area contributed by atoms with Gasteiger partial charge in [0.05, 0.1) is 85.5 Å². The predicted octanol–water partition coefficient (Wildman–Crippen LogP) is 13.3. The van der Waals surface area contributed by atoms with Crippen molar-refractivity contribution in [1.82, 2.24) is 85.4 Å². The predicted molar refractivity (Wildman–Crippen MR) is 583 cm³/mol. The van der Waals surface area contributed by atoms with Crippen LogP contribution in [0.25, 0.3) is 30.4 Å². The smallest absolute Gasteiger partial charge is 0.407 e. The van der Waals surface area contributed by atoms with Crippen LogP contribution < -0.4 is 59.6 Å². The van der Waals surface area contributed by atoms with Crippen molar-refractivity contribution in [1.29, 1.82) is 0 Å². The van der Waals surface area contributed by atoms with Crippen LogP contribution in [0.2, 0.25) is 20.6 Å². The van der Waals surface area contributed by atoms with Gasteiger partial charge < -0.3 is 69.5 Å². The van der Waals surface area contributed by atoms with E-state index in [4.69, 9.17) is 61.1 Å². The van der Waals surface area contributed by atoms with Gasteiger partial charge in [0, 0.05) is 315 Å². The van der Waals surface area contributed by atoms with Crippen LogP contribution >= 0.6 is 46.4 Å². The molecule has 26 rings (SSSR count). The number of anilines is 10. The summed E-state index contributed by atoms with van der Waals surface area (Å²) in [6, 6.07) is 11.4. The van der Waals surface area contributed by atoms with Crippen molar-refractivity contribution in [2.45, 2.75) is 223 Å². The van der Waals surface area contributed by atoms with Crippen LogP contribution in [0.1, 0.15) is 187 Å². The normalized spacial score (nSPS) is 21.5. The fraction of sp³-hybridized carbons (Fsp3) is 0.472. The number of carbonyl (C=O) groups excluding carboxylic acids is 2. The highest BCUT2D eigenvalue weighted by Gasteiger charge is 2.47. The number of ether oxygens (including phenoxy) is 1. The highest BCUT2D eigenvalue weighted by atomic mass is 35.5. The van der Waals surface area contributed by atoms with Gasteiger partial charge >= 0.3 is 6.09 Å². The number of carbonyl (C=O) groups is 2. The van der Waals surface area contributed by atoms with Gasteiger partial charge in [-0.05, 0) is 97.6 Å². The van der Waals surface area contributed by atoms with Gasteiger partial charge in [0.25, 0.3) is 0 Å². The Balaban J connectivity index is 0.000000105. The van der Waals surface area contributed by atoms with Gasteiger partial charge in [0.2, 0.25) is 5.91 Å². The van der Waals surface area contributed by atoms with Crippen molar-refractivity contribution >= 4 is 166 Å². The Kier molecular flexibility index (Phi) is 27.6. The van der Waals surface area contributed by atoms with Gasteiger partial charge in [-0.3, -0.25) is 9.78 Å². The van der Waals surface area contributed by atoms with Crippen LogP contribution in [0.3, 0.4) is 0 Å². The van der Waals surface area contributed by atoms with Gasteiger partial charge in [0.1, 0.15) is 86.9 Å². The topological polar surface area (TPSA) is 382 Å². The Bertz CT molecular complexity index is 7370. The number of rotatable bonds is 14. The van der Waals surface area contributed by atoms with Crippen LogP contribution in [-0.4, -0.2) is 252 Å². The molecule has 5 aliphatic carbocycles. The molecule has 10 aromatic rings. The Labute approximate surface area is 888 Å². The van der Waals surface area contributed by atoms with Gasteiger partial charge in [-0.1, -0.05) is 107 Å². The maximum atomic E-state index is 11.9. The first kappa shape index (κ1) is 101. The SMILES string of the molecule is CNC(=O)C1CN(c2ncnc3c2CN(c2cc(Cl)nc4c2C=CC4)[C@H](C)C3)C1.C[C@@H]1Cc2ncnc(N3CC(S(C)(=O)=O)C3)c2CN1c1cc(Cl)nc2c1C=CC2.C[C@@H]1Cc2ncnc(N3CC(S(C)(=O)=O)C3)c2CN1c1ccnc2c1C=CC2.C[C@@H]1Cc2ncnc(N3CCC(C(C)(C)O)CC3)c2CN1c1cc(Cl)nc2c1C=CC2.C[C@@H]1Cc2ncnc(N3CCC4(CC3)CNC(=O)O4)c2CN1c1cc(Cl)nc2c1C=CC2. The van der Waals surface area contributed by atoms with Crippen LogP contribution in [0.5, 0.6) is 0 Å². The van der Waals surface area contributed by atoms with Crippen LogP contribution in [0.15, 0.2) is 98.5 Å². The number of hydrogen-bond acceptors (Lipinski definition) is 33. The Morgan fingerprint density at radius 1 is 0.416 bits per heavy atom. The number of alkyl carbamates (subject to hydrolysis) is 1. The van der Waals surface area contributed by atoms with Crippen LogP contribution in [0, 0.1) is 11.8 Å². The molecule has 1 spiro atoms. The van der Waals surface area contributed by atoms with Crippen molar-refractivity contribution in [3.63, 3.8) is 0 Å². The lowest BCUT2D eigenvalue weighted by molar-refractivity contribution is -0.125. The third kappa shape index (κ3) is 20.2. The number of hydrogen-bond donors (Lipinski definition) is 3. The fourth-order valence-electron chi connectivity index (χ4n) is 24.0. The van der Waals surface area contributed by atoms with Crippen molar-refractivity contribution in [3.8, 4) is 0 Å². The second-order valence-electron chi connectivity index (χ2n) is 42.8. The van der Waals surface area contributed by atoms with Crippen molar-refractivity contribution < 1.29 is 36.3 Å². The van der Waals surface area contributed by atoms with E-state index in [1.807, 2.05) is 49.2 Å². The van der Waals surface area contributed by atoms with E-state index in [0.717, 1.165) is 272 Å². The second-order valence-corrected chi connectivity index (χ2v) is 49.0. The summed E-state index contributed by atoms with van der Waals surface area (Å²) in [5.41, 5.74) is 26.9. The van der Waals surface area contributed by atoms with Gasteiger partial charge in [-0.2, -0.15) is 0 Å². The van der Waals surface area contributed by atoms with E-state index in [-0.39, 0.29) is 52.1 Å². The molecule has 149 heavy (non-hydrogen) atoms. The molecule has 41 heteroatoms. The van der Waals surface area contributed by atoms with Crippen LogP contribution in [0.4, 0.5) is 62.3 Å².